The summed E-state index contributed by atoms with van der Waals surface area (Å²) in [5, 5.41) is 13.7. The predicted molar refractivity (Wildman–Crippen MR) is 76.6 cm³/mol. The van der Waals surface area contributed by atoms with Crippen molar-refractivity contribution in [2.45, 2.75) is 13.2 Å². The molecule has 0 saturated carbocycles. The smallest absolute Gasteiger partial charge is 0.305 e. The van der Waals surface area contributed by atoms with Crippen molar-refractivity contribution in [2.75, 3.05) is 7.05 Å². The molecule has 0 aliphatic carbocycles. The predicted octanol–water partition coefficient (Wildman–Crippen LogP) is 3.03. The molecule has 0 saturated heterocycles. The summed E-state index contributed by atoms with van der Waals surface area (Å²) < 4.78 is 19.4. The van der Waals surface area contributed by atoms with E-state index in [2.05, 4.69) is 5.32 Å². The molecule has 0 aliphatic heterocycles. The molecule has 0 spiro atoms. The molecule has 2 aromatic carbocycles. The number of rotatable bonds is 6. The molecular weight excluding hydrogens is 275 g/mol. The van der Waals surface area contributed by atoms with Crippen LogP contribution in [0.2, 0.25) is 0 Å². The molecule has 0 aliphatic rings. The zero-order valence-electron chi connectivity index (χ0n) is 11.5. The van der Waals surface area contributed by atoms with E-state index in [-0.39, 0.29) is 12.2 Å². The largest absolute Gasteiger partial charge is 0.489 e. The van der Waals surface area contributed by atoms with Crippen molar-refractivity contribution in [1.29, 1.82) is 0 Å². The maximum absolute atomic E-state index is 13.9. The van der Waals surface area contributed by atoms with E-state index in [0.717, 1.165) is 11.6 Å². The fraction of sp³-hybridized carbons (Fsp3) is 0.200. The van der Waals surface area contributed by atoms with Crippen LogP contribution in [0.1, 0.15) is 11.1 Å². The second-order valence-corrected chi connectivity index (χ2v) is 4.47. The van der Waals surface area contributed by atoms with Crippen LogP contribution in [0.15, 0.2) is 42.5 Å². The Bertz CT molecular complexity index is 647. The lowest BCUT2D eigenvalue weighted by molar-refractivity contribution is -0.387. The van der Waals surface area contributed by atoms with E-state index in [9.17, 15) is 14.5 Å². The van der Waals surface area contributed by atoms with Crippen LogP contribution >= 0.6 is 0 Å². The number of nitrogens with one attached hydrogen (secondary N) is 1. The lowest BCUT2D eigenvalue weighted by Gasteiger charge is -2.09. The van der Waals surface area contributed by atoms with E-state index in [1.807, 2.05) is 25.2 Å². The molecule has 0 atom stereocenters. The number of nitrogens with zero attached hydrogens (tertiary/aromatic N) is 1. The van der Waals surface area contributed by atoms with Gasteiger partial charge in [-0.25, -0.2) is 0 Å². The summed E-state index contributed by atoms with van der Waals surface area (Å²) in [5.74, 6) is -0.262. The maximum Gasteiger partial charge on any atom is 0.305 e. The molecule has 5 nitrogen and oxygen atoms in total. The average Bonchev–Trinajstić information content (AvgIpc) is 2.46. The fourth-order valence-corrected chi connectivity index (χ4v) is 1.93. The minimum Gasteiger partial charge on any atom is -0.489 e. The van der Waals surface area contributed by atoms with Crippen molar-refractivity contribution in [3.05, 3.63) is 69.5 Å². The van der Waals surface area contributed by atoms with E-state index >= 15 is 0 Å². The highest BCUT2D eigenvalue weighted by Gasteiger charge is 2.17. The van der Waals surface area contributed by atoms with Crippen molar-refractivity contribution >= 4 is 5.69 Å². The first-order valence-corrected chi connectivity index (χ1v) is 6.40. The third-order valence-corrected chi connectivity index (χ3v) is 2.93. The summed E-state index contributed by atoms with van der Waals surface area (Å²) in [6, 6.07) is 11.4. The SMILES string of the molecule is CNCc1cccc(OCc2cccc([N+](=O)[O-])c2F)c1. The van der Waals surface area contributed by atoms with Crippen LogP contribution in [0.25, 0.3) is 0 Å². The van der Waals surface area contributed by atoms with E-state index < -0.39 is 16.4 Å². The fourth-order valence-electron chi connectivity index (χ4n) is 1.93. The second kappa shape index (κ2) is 6.81. The highest BCUT2D eigenvalue weighted by Crippen LogP contribution is 2.22. The number of nitro benzene ring substituents is 1. The Morgan fingerprint density at radius 3 is 2.76 bits per heavy atom. The second-order valence-electron chi connectivity index (χ2n) is 4.47. The van der Waals surface area contributed by atoms with Gasteiger partial charge in [0.2, 0.25) is 5.82 Å². The number of nitro groups is 1. The maximum atomic E-state index is 13.9. The van der Waals surface area contributed by atoms with Crippen LogP contribution in [0.4, 0.5) is 10.1 Å². The van der Waals surface area contributed by atoms with E-state index in [0.29, 0.717) is 12.3 Å². The summed E-state index contributed by atoms with van der Waals surface area (Å²) in [4.78, 5) is 9.94. The van der Waals surface area contributed by atoms with Crippen LogP contribution in [0, 0.1) is 15.9 Å². The molecule has 21 heavy (non-hydrogen) atoms. The zero-order valence-corrected chi connectivity index (χ0v) is 11.5. The molecular formula is C15H15FN2O3. The number of benzene rings is 2. The normalized spacial score (nSPS) is 10.4. The molecule has 0 unspecified atom stereocenters. The van der Waals surface area contributed by atoms with Gasteiger partial charge in [0.15, 0.2) is 0 Å². The van der Waals surface area contributed by atoms with Crippen molar-refractivity contribution in [3.63, 3.8) is 0 Å². The van der Waals surface area contributed by atoms with Crippen LogP contribution in [0.3, 0.4) is 0 Å². The molecule has 1 N–H and O–H groups in total. The van der Waals surface area contributed by atoms with Gasteiger partial charge in [-0.05, 0) is 24.7 Å². The van der Waals surface area contributed by atoms with E-state index in [1.54, 1.807) is 6.07 Å². The van der Waals surface area contributed by atoms with Crippen LogP contribution < -0.4 is 10.1 Å². The molecule has 0 radical (unpaired) electrons. The summed E-state index contributed by atoms with van der Waals surface area (Å²) >= 11 is 0. The Morgan fingerprint density at radius 2 is 2.05 bits per heavy atom. The lowest BCUT2D eigenvalue weighted by atomic mass is 10.2. The lowest BCUT2D eigenvalue weighted by Crippen LogP contribution is -2.05. The number of hydrogen-bond acceptors (Lipinski definition) is 4. The van der Waals surface area contributed by atoms with Gasteiger partial charge >= 0.3 is 5.69 Å². The van der Waals surface area contributed by atoms with Gasteiger partial charge in [0.05, 0.1) is 4.92 Å². The van der Waals surface area contributed by atoms with E-state index in [4.69, 9.17) is 4.74 Å². The summed E-state index contributed by atoms with van der Waals surface area (Å²) in [5.41, 5.74) is 0.651. The Labute approximate surface area is 121 Å². The van der Waals surface area contributed by atoms with E-state index in [1.165, 1.54) is 12.1 Å². The molecule has 0 aromatic heterocycles. The Hall–Kier alpha value is -2.47. The third kappa shape index (κ3) is 3.76. The first-order chi connectivity index (χ1) is 10.1. The molecule has 6 heteroatoms. The minimum atomic E-state index is -0.853. The Kier molecular flexibility index (Phi) is 4.84. The zero-order chi connectivity index (χ0) is 15.2. The van der Waals surface area contributed by atoms with Gasteiger partial charge in [0, 0.05) is 18.2 Å². The molecule has 0 fully saturated rings. The first-order valence-electron chi connectivity index (χ1n) is 6.40. The molecule has 0 bridgehead atoms. The first kappa shape index (κ1) is 14.9. The molecule has 2 aromatic rings. The number of halogens is 1. The van der Waals surface area contributed by atoms with Crippen LogP contribution in [-0.4, -0.2) is 12.0 Å². The molecule has 110 valence electrons. The van der Waals surface area contributed by atoms with Crippen molar-refractivity contribution in [3.8, 4) is 5.75 Å². The van der Waals surface area contributed by atoms with Gasteiger partial charge in [0.25, 0.3) is 0 Å². The van der Waals surface area contributed by atoms with Gasteiger partial charge in [0.1, 0.15) is 12.4 Å². The monoisotopic (exact) mass is 290 g/mol. The van der Waals surface area contributed by atoms with Crippen LogP contribution in [0.5, 0.6) is 5.75 Å². The number of ether oxygens (including phenoxy) is 1. The highest BCUT2D eigenvalue weighted by atomic mass is 19.1. The number of hydrogen-bond donors (Lipinski definition) is 1. The van der Waals surface area contributed by atoms with Gasteiger partial charge < -0.3 is 10.1 Å². The minimum absolute atomic E-state index is 0.0590. The summed E-state index contributed by atoms with van der Waals surface area (Å²) in [6.45, 7) is 0.638. The molecule has 2 rings (SSSR count). The van der Waals surface area contributed by atoms with Gasteiger partial charge in [-0.3, -0.25) is 10.1 Å². The van der Waals surface area contributed by atoms with Crippen LogP contribution in [-0.2, 0) is 13.2 Å². The standard InChI is InChI=1S/C15H15FN2O3/c1-17-9-11-4-2-6-13(8-11)21-10-12-5-3-7-14(15(12)16)18(19)20/h2-8,17H,9-10H2,1H3. The van der Waals surface area contributed by atoms with Gasteiger partial charge in [-0.2, -0.15) is 4.39 Å². The molecule has 0 amide bonds. The highest BCUT2D eigenvalue weighted by molar-refractivity contribution is 5.37. The Balaban J connectivity index is 2.11. The topological polar surface area (TPSA) is 64.4 Å². The molecule has 0 heterocycles. The van der Waals surface area contributed by atoms with Crippen molar-refractivity contribution in [2.24, 2.45) is 0 Å². The summed E-state index contributed by atoms with van der Waals surface area (Å²) in [6.07, 6.45) is 0. The van der Waals surface area contributed by atoms with Gasteiger partial charge in [-0.15, -0.1) is 0 Å². The summed E-state index contributed by atoms with van der Waals surface area (Å²) in [7, 11) is 1.84. The third-order valence-electron chi connectivity index (χ3n) is 2.93. The average molecular weight is 290 g/mol. The van der Waals surface area contributed by atoms with Crippen molar-refractivity contribution < 1.29 is 14.1 Å². The quantitative estimate of drug-likeness (QED) is 0.656. The van der Waals surface area contributed by atoms with Crippen molar-refractivity contribution in [1.82, 2.24) is 5.32 Å². The van der Waals surface area contributed by atoms with Gasteiger partial charge in [-0.1, -0.05) is 24.3 Å². The Morgan fingerprint density at radius 1 is 1.29 bits per heavy atom.